The zero-order chi connectivity index (χ0) is 16.2. The predicted molar refractivity (Wildman–Crippen MR) is 76.2 cm³/mol. The van der Waals surface area contributed by atoms with Crippen molar-refractivity contribution in [3.8, 4) is 5.75 Å². The molecule has 0 spiro atoms. The zero-order valence-corrected chi connectivity index (χ0v) is 12.0. The molecule has 0 atom stereocenters. The number of aromatic nitrogens is 6. The van der Waals surface area contributed by atoms with Gasteiger partial charge in [-0.3, -0.25) is 4.63 Å². The Labute approximate surface area is 129 Å². The Kier molecular flexibility index (Phi) is 3.82. The molecule has 0 unspecified atom stereocenters. The number of nitrogen functional groups attached to an aromatic ring is 1. The first-order valence-electron chi connectivity index (χ1n) is 6.50. The van der Waals surface area contributed by atoms with Gasteiger partial charge in [-0.05, 0) is 45.2 Å². The molecule has 0 saturated heterocycles. The molecule has 23 heavy (non-hydrogen) atoms. The number of ether oxygens (including phenoxy) is 1. The highest BCUT2D eigenvalue weighted by Crippen LogP contribution is 2.13. The highest BCUT2D eigenvalue weighted by atomic mass is 16.8. The van der Waals surface area contributed by atoms with E-state index < -0.39 is 0 Å². The first-order valence-corrected chi connectivity index (χ1v) is 6.50. The summed E-state index contributed by atoms with van der Waals surface area (Å²) in [6, 6.07) is 7.04. The lowest BCUT2D eigenvalue weighted by molar-refractivity contribution is -0.808. The standard InChI is InChI=1S/C12H12N8O3/c1-8-11(20(21)23-16-8)7-22-10-4-2-9(3-5-10)6-14-19-12(13)15-17-18-19/h2-6H,7H2,1H3,(H2,13,15,18)/b14-6+. The van der Waals surface area contributed by atoms with Crippen LogP contribution in [-0.2, 0) is 6.61 Å². The lowest BCUT2D eigenvalue weighted by Crippen LogP contribution is -2.29. The fourth-order valence-electron chi connectivity index (χ4n) is 1.68. The number of rotatable bonds is 5. The van der Waals surface area contributed by atoms with Gasteiger partial charge in [0.25, 0.3) is 5.95 Å². The van der Waals surface area contributed by atoms with Crippen LogP contribution >= 0.6 is 0 Å². The van der Waals surface area contributed by atoms with E-state index in [2.05, 4.69) is 30.4 Å². The molecule has 0 saturated carbocycles. The van der Waals surface area contributed by atoms with Crippen molar-refractivity contribution in [1.82, 2.24) is 25.5 Å². The van der Waals surface area contributed by atoms with Crippen LogP contribution in [0.4, 0.5) is 5.95 Å². The summed E-state index contributed by atoms with van der Waals surface area (Å²) in [7, 11) is 0. The quantitative estimate of drug-likeness (QED) is 0.496. The largest absolute Gasteiger partial charge is 0.485 e. The molecule has 0 fully saturated rings. The Balaban J connectivity index is 1.63. The Hall–Kier alpha value is -3.50. The Morgan fingerprint density at radius 1 is 1.43 bits per heavy atom. The molecule has 1 aromatic carbocycles. The van der Waals surface area contributed by atoms with Gasteiger partial charge >= 0.3 is 0 Å². The summed E-state index contributed by atoms with van der Waals surface area (Å²) in [4.78, 5) is 1.43. The normalized spacial score (nSPS) is 11.2. The minimum Gasteiger partial charge on any atom is -0.485 e. The van der Waals surface area contributed by atoms with E-state index in [4.69, 9.17) is 10.5 Å². The molecule has 0 aliphatic heterocycles. The highest BCUT2D eigenvalue weighted by Gasteiger charge is 2.14. The van der Waals surface area contributed by atoms with Crippen molar-refractivity contribution < 1.29 is 14.3 Å². The molecular formula is C12H12N8O3. The van der Waals surface area contributed by atoms with E-state index in [1.165, 1.54) is 0 Å². The molecule has 2 N–H and O–H groups in total. The molecule has 11 heteroatoms. The fourth-order valence-corrected chi connectivity index (χ4v) is 1.68. The van der Waals surface area contributed by atoms with Crippen molar-refractivity contribution in [3.05, 3.63) is 46.4 Å². The Morgan fingerprint density at radius 2 is 2.22 bits per heavy atom. The summed E-state index contributed by atoms with van der Waals surface area (Å²) in [6.07, 6.45) is 1.55. The maximum atomic E-state index is 11.3. The van der Waals surface area contributed by atoms with Crippen LogP contribution in [0.2, 0.25) is 0 Å². The minimum absolute atomic E-state index is 0.0629. The Morgan fingerprint density at radius 3 is 2.83 bits per heavy atom. The molecule has 3 aromatic rings. The molecule has 2 heterocycles. The highest BCUT2D eigenvalue weighted by molar-refractivity contribution is 5.79. The molecule has 0 amide bonds. The van der Waals surface area contributed by atoms with Crippen LogP contribution in [0.5, 0.6) is 5.75 Å². The molecule has 0 aliphatic rings. The van der Waals surface area contributed by atoms with Crippen LogP contribution in [0.1, 0.15) is 17.0 Å². The van der Waals surface area contributed by atoms with Crippen LogP contribution in [-0.4, -0.2) is 31.7 Å². The average Bonchev–Trinajstić information content (AvgIpc) is 3.10. The second-order valence-electron chi connectivity index (χ2n) is 4.49. The maximum absolute atomic E-state index is 11.3. The lowest BCUT2D eigenvalue weighted by atomic mass is 10.2. The summed E-state index contributed by atoms with van der Waals surface area (Å²) in [6.45, 7) is 1.73. The van der Waals surface area contributed by atoms with Crippen molar-refractivity contribution in [2.75, 3.05) is 5.73 Å². The predicted octanol–water partition coefficient (Wildman–Crippen LogP) is -0.354. The van der Waals surface area contributed by atoms with Crippen LogP contribution in [0.3, 0.4) is 0 Å². The third-order valence-corrected chi connectivity index (χ3v) is 2.94. The number of nitrogens with zero attached hydrogens (tertiary/aromatic N) is 7. The fraction of sp³-hybridized carbons (Fsp3) is 0.167. The number of nitrogens with two attached hydrogens (primary N) is 1. The number of tetrazole rings is 1. The van der Waals surface area contributed by atoms with E-state index >= 15 is 0 Å². The van der Waals surface area contributed by atoms with Gasteiger partial charge in [0.15, 0.2) is 6.61 Å². The molecule has 0 aliphatic carbocycles. The molecule has 118 valence electrons. The number of aryl methyl sites for hydroxylation is 1. The third-order valence-electron chi connectivity index (χ3n) is 2.94. The van der Waals surface area contributed by atoms with Gasteiger partial charge in [0, 0.05) is 12.1 Å². The van der Waals surface area contributed by atoms with Crippen molar-refractivity contribution in [2.45, 2.75) is 13.5 Å². The summed E-state index contributed by atoms with van der Waals surface area (Å²) < 4.78 is 9.98. The van der Waals surface area contributed by atoms with Crippen molar-refractivity contribution >= 4 is 12.2 Å². The van der Waals surface area contributed by atoms with E-state index in [1.807, 2.05) is 0 Å². The lowest BCUT2D eigenvalue weighted by Gasteiger charge is -2.04. The van der Waals surface area contributed by atoms with E-state index in [-0.39, 0.29) is 12.6 Å². The van der Waals surface area contributed by atoms with Gasteiger partial charge in [-0.25, -0.2) is 0 Å². The third kappa shape index (κ3) is 3.23. The van der Waals surface area contributed by atoms with E-state index in [1.54, 1.807) is 37.4 Å². The van der Waals surface area contributed by atoms with Crippen LogP contribution < -0.4 is 15.4 Å². The van der Waals surface area contributed by atoms with Crippen molar-refractivity contribution in [3.63, 3.8) is 0 Å². The number of hydrogen-bond acceptors (Lipinski definition) is 9. The van der Waals surface area contributed by atoms with Gasteiger partial charge in [-0.2, -0.15) is 5.10 Å². The van der Waals surface area contributed by atoms with Gasteiger partial charge < -0.3 is 15.7 Å². The second-order valence-corrected chi connectivity index (χ2v) is 4.49. The average molecular weight is 316 g/mol. The molecule has 11 nitrogen and oxygen atoms in total. The van der Waals surface area contributed by atoms with Gasteiger partial charge in [0.1, 0.15) is 5.75 Å². The smallest absolute Gasteiger partial charge is 0.263 e. The van der Waals surface area contributed by atoms with E-state index in [9.17, 15) is 5.21 Å². The summed E-state index contributed by atoms with van der Waals surface area (Å²) >= 11 is 0. The van der Waals surface area contributed by atoms with Crippen LogP contribution in [0, 0.1) is 12.1 Å². The van der Waals surface area contributed by atoms with Gasteiger partial charge in [0.05, 0.1) is 6.21 Å². The number of anilines is 1. The topological polar surface area (TPSA) is 144 Å². The molecule has 0 bridgehead atoms. The Bertz CT molecular complexity index is 804. The first kappa shape index (κ1) is 14.4. The second kappa shape index (κ2) is 6.09. The number of hydrogen-bond donors (Lipinski definition) is 1. The number of benzene rings is 1. The zero-order valence-electron chi connectivity index (χ0n) is 12.0. The molecular weight excluding hydrogens is 304 g/mol. The van der Waals surface area contributed by atoms with E-state index in [0.29, 0.717) is 22.0 Å². The van der Waals surface area contributed by atoms with Crippen LogP contribution in [0.15, 0.2) is 34.0 Å². The minimum atomic E-state index is 0.0629. The monoisotopic (exact) mass is 316 g/mol. The SMILES string of the molecule is Cc1no[n+]([O-])c1COc1ccc(/C=N/n2nnnc2N)cc1. The van der Waals surface area contributed by atoms with E-state index in [0.717, 1.165) is 10.4 Å². The maximum Gasteiger partial charge on any atom is 0.263 e. The van der Waals surface area contributed by atoms with Gasteiger partial charge in [-0.1, -0.05) is 9.89 Å². The van der Waals surface area contributed by atoms with Crippen molar-refractivity contribution in [1.29, 1.82) is 0 Å². The first-order chi connectivity index (χ1) is 11.1. The molecule has 3 rings (SSSR count). The van der Waals surface area contributed by atoms with Gasteiger partial charge in [0.2, 0.25) is 11.4 Å². The summed E-state index contributed by atoms with van der Waals surface area (Å²) in [5.41, 5.74) is 7.10. The summed E-state index contributed by atoms with van der Waals surface area (Å²) in [5, 5.41) is 29.3. The van der Waals surface area contributed by atoms with Crippen molar-refractivity contribution in [2.24, 2.45) is 5.10 Å². The van der Waals surface area contributed by atoms with Gasteiger partial charge in [-0.15, -0.1) is 0 Å². The molecule has 2 aromatic heterocycles. The molecule has 0 radical (unpaired) electrons. The summed E-state index contributed by atoms with van der Waals surface area (Å²) in [5.74, 6) is 0.681. The van der Waals surface area contributed by atoms with Crippen LogP contribution in [0.25, 0.3) is 0 Å².